The Morgan fingerprint density at radius 3 is 2.08 bits per heavy atom. The molecule has 8 heteroatoms. The summed E-state index contributed by atoms with van der Waals surface area (Å²) in [6.45, 7) is -0.275. The molecule has 0 fully saturated rings. The lowest BCUT2D eigenvalue weighted by atomic mass is 10.2. The highest BCUT2D eigenvalue weighted by atomic mass is 16.5. The Morgan fingerprint density at radius 2 is 1.48 bits per heavy atom. The molecule has 0 bridgehead atoms. The summed E-state index contributed by atoms with van der Waals surface area (Å²) in [4.78, 5) is 46.7. The second-order valence-corrected chi connectivity index (χ2v) is 4.99. The number of aromatic nitrogens is 1. The van der Waals surface area contributed by atoms with Crippen LogP contribution in [0.5, 0.6) is 0 Å². The molecule has 0 radical (unpaired) electrons. The number of hydrogen-bond acceptors (Lipinski definition) is 6. The van der Waals surface area contributed by atoms with Crippen molar-refractivity contribution < 1.29 is 23.9 Å². The lowest BCUT2D eigenvalue weighted by Gasteiger charge is -2.09. The number of ether oxygens (including phenoxy) is 2. The quantitative estimate of drug-likeness (QED) is 0.814. The molecule has 2 rings (SSSR count). The van der Waals surface area contributed by atoms with Gasteiger partial charge in [-0.15, -0.1) is 0 Å². The maximum atomic E-state index is 12.1. The Morgan fingerprint density at radius 1 is 0.920 bits per heavy atom. The van der Waals surface area contributed by atoms with Gasteiger partial charge in [0.1, 0.15) is 6.54 Å². The van der Waals surface area contributed by atoms with E-state index < -0.39 is 23.4 Å². The number of nitrogens with zero attached hydrogens (tertiary/aromatic N) is 1. The monoisotopic (exact) mass is 344 g/mol. The van der Waals surface area contributed by atoms with Gasteiger partial charge in [-0.3, -0.25) is 9.59 Å². The Bertz CT molecular complexity index is 854. The predicted octanol–water partition coefficient (Wildman–Crippen LogP) is 1.06. The molecule has 25 heavy (non-hydrogen) atoms. The molecule has 0 spiro atoms. The number of pyridine rings is 1. The van der Waals surface area contributed by atoms with Crippen molar-refractivity contribution in [3.8, 4) is 0 Å². The van der Waals surface area contributed by atoms with E-state index in [1.165, 1.54) is 56.8 Å². The summed E-state index contributed by atoms with van der Waals surface area (Å²) < 4.78 is 10.3. The fourth-order valence-electron chi connectivity index (χ4n) is 2.06. The summed E-state index contributed by atoms with van der Waals surface area (Å²) in [6, 6.07) is 8.60. The lowest BCUT2D eigenvalue weighted by molar-refractivity contribution is -0.116. The van der Waals surface area contributed by atoms with Crippen LogP contribution in [0.25, 0.3) is 0 Å². The molecule has 0 aliphatic carbocycles. The van der Waals surface area contributed by atoms with Crippen LogP contribution in [0.2, 0.25) is 0 Å². The number of benzene rings is 1. The highest BCUT2D eigenvalue weighted by Gasteiger charge is 2.11. The van der Waals surface area contributed by atoms with Crippen LogP contribution in [-0.2, 0) is 20.8 Å². The van der Waals surface area contributed by atoms with Gasteiger partial charge in [0, 0.05) is 18.0 Å². The number of nitrogens with one attached hydrogen (secondary N) is 1. The molecule has 0 saturated carbocycles. The second-order valence-electron chi connectivity index (χ2n) is 4.99. The minimum Gasteiger partial charge on any atom is -0.465 e. The van der Waals surface area contributed by atoms with E-state index >= 15 is 0 Å². The number of esters is 2. The first-order valence-corrected chi connectivity index (χ1v) is 7.21. The maximum Gasteiger partial charge on any atom is 0.339 e. The number of carbonyl (C=O) groups is 3. The number of anilines is 1. The van der Waals surface area contributed by atoms with Crippen LogP contribution in [0.15, 0.2) is 47.4 Å². The number of amides is 1. The van der Waals surface area contributed by atoms with Crippen LogP contribution in [0.4, 0.5) is 5.69 Å². The van der Waals surface area contributed by atoms with Gasteiger partial charge in [-0.25, -0.2) is 9.59 Å². The molecule has 1 aromatic heterocycles. The van der Waals surface area contributed by atoms with Crippen LogP contribution < -0.4 is 10.9 Å². The van der Waals surface area contributed by atoms with Gasteiger partial charge in [0.25, 0.3) is 5.56 Å². The zero-order chi connectivity index (χ0) is 18.4. The van der Waals surface area contributed by atoms with Crippen LogP contribution in [0, 0.1) is 0 Å². The zero-order valence-electron chi connectivity index (χ0n) is 13.6. The van der Waals surface area contributed by atoms with Crippen LogP contribution in [0.1, 0.15) is 20.7 Å². The number of carbonyl (C=O) groups excluding carboxylic acids is 3. The summed E-state index contributed by atoms with van der Waals surface area (Å²) in [5.74, 6) is -1.55. The minimum absolute atomic E-state index is 0.164. The summed E-state index contributed by atoms with van der Waals surface area (Å²) in [6.07, 6.45) is 1.26. The number of rotatable bonds is 5. The van der Waals surface area contributed by atoms with Crippen molar-refractivity contribution >= 4 is 23.5 Å². The largest absolute Gasteiger partial charge is 0.465 e. The predicted molar refractivity (Wildman–Crippen MR) is 88.5 cm³/mol. The smallest absolute Gasteiger partial charge is 0.339 e. The van der Waals surface area contributed by atoms with Crippen molar-refractivity contribution in [2.24, 2.45) is 0 Å². The van der Waals surface area contributed by atoms with Crippen LogP contribution in [0.3, 0.4) is 0 Å². The summed E-state index contributed by atoms with van der Waals surface area (Å²) in [5.41, 5.74) is 0.540. The average Bonchev–Trinajstić information content (AvgIpc) is 2.62. The average molecular weight is 344 g/mol. The van der Waals surface area contributed by atoms with Gasteiger partial charge >= 0.3 is 11.9 Å². The molecule has 1 aromatic carbocycles. The van der Waals surface area contributed by atoms with Gasteiger partial charge in [-0.05, 0) is 30.3 Å². The van der Waals surface area contributed by atoms with Gasteiger partial charge in [-0.2, -0.15) is 0 Å². The molecular weight excluding hydrogens is 328 g/mol. The number of hydrogen-bond donors (Lipinski definition) is 1. The molecule has 0 aliphatic heterocycles. The molecular formula is C17H16N2O6. The molecule has 1 N–H and O–H groups in total. The minimum atomic E-state index is -0.604. The van der Waals surface area contributed by atoms with E-state index in [1.807, 2.05) is 0 Å². The van der Waals surface area contributed by atoms with Gasteiger partial charge < -0.3 is 19.4 Å². The van der Waals surface area contributed by atoms with E-state index in [9.17, 15) is 19.2 Å². The maximum absolute atomic E-state index is 12.1. The summed E-state index contributed by atoms with van der Waals surface area (Å²) >= 11 is 0. The molecule has 2 aromatic rings. The molecule has 8 nitrogen and oxygen atoms in total. The van der Waals surface area contributed by atoms with E-state index in [-0.39, 0.29) is 12.1 Å². The number of methoxy groups -OCH3 is 2. The highest BCUT2D eigenvalue weighted by Crippen LogP contribution is 2.10. The Kier molecular flexibility index (Phi) is 5.67. The molecule has 0 unspecified atom stereocenters. The van der Waals surface area contributed by atoms with E-state index in [0.717, 1.165) is 4.57 Å². The highest BCUT2D eigenvalue weighted by molar-refractivity contribution is 5.93. The Labute approximate surface area is 143 Å². The third-order valence-electron chi connectivity index (χ3n) is 3.31. The normalized spacial score (nSPS) is 10.0. The molecule has 0 atom stereocenters. The fourth-order valence-corrected chi connectivity index (χ4v) is 2.06. The third kappa shape index (κ3) is 4.54. The first-order chi connectivity index (χ1) is 11.9. The molecule has 1 heterocycles. The van der Waals surface area contributed by atoms with Crippen molar-refractivity contribution in [3.63, 3.8) is 0 Å². The van der Waals surface area contributed by atoms with Gasteiger partial charge in [0.15, 0.2) is 0 Å². The van der Waals surface area contributed by atoms with Crippen molar-refractivity contribution in [2.45, 2.75) is 6.54 Å². The van der Waals surface area contributed by atoms with Gasteiger partial charge in [0.05, 0.1) is 25.3 Å². The van der Waals surface area contributed by atoms with Crippen molar-refractivity contribution in [1.29, 1.82) is 0 Å². The first-order valence-electron chi connectivity index (χ1n) is 7.21. The Balaban J connectivity index is 2.08. The van der Waals surface area contributed by atoms with E-state index in [0.29, 0.717) is 11.3 Å². The second kappa shape index (κ2) is 7.91. The molecule has 0 aliphatic rings. The lowest BCUT2D eigenvalue weighted by Crippen LogP contribution is -2.27. The van der Waals surface area contributed by atoms with Crippen molar-refractivity contribution in [3.05, 3.63) is 64.1 Å². The summed E-state index contributed by atoms with van der Waals surface area (Å²) in [7, 11) is 2.50. The Hall–Kier alpha value is -3.42. The van der Waals surface area contributed by atoms with Gasteiger partial charge in [0.2, 0.25) is 5.91 Å². The van der Waals surface area contributed by atoms with Crippen LogP contribution >= 0.6 is 0 Å². The van der Waals surface area contributed by atoms with E-state index in [4.69, 9.17) is 0 Å². The zero-order valence-corrected chi connectivity index (χ0v) is 13.6. The van der Waals surface area contributed by atoms with Gasteiger partial charge in [-0.1, -0.05) is 0 Å². The van der Waals surface area contributed by atoms with Crippen molar-refractivity contribution in [1.82, 2.24) is 4.57 Å². The SMILES string of the molecule is COC(=O)c1ccc(NC(=O)Cn2cc(C(=O)OC)ccc2=O)cc1. The topological polar surface area (TPSA) is 104 Å². The van der Waals surface area contributed by atoms with E-state index in [2.05, 4.69) is 14.8 Å². The van der Waals surface area contributed by atoms with E-state index in [1.54, 1.807) is 0 Å². The molecule has 0 saturated heterocycles. The molecule has 130 valence electrons. The third-order valence-corrected chi connectivity index (χ3v) is 3.31. The van der Waals surface area contributed by atoms with Crippen LogP contribution in [-0.4, -0.2) is 36.6 Å². The van der Waals surface area contributed by atoms with Crippen molar-refractivity contribution in [2.75, 3.05) is 19.5 Å². The summed E-state index contributed by atoms with van der Waals surface area (Å²) in [5, 5.41) is 2.60. The fraction of sp³-hybridized carbons (Fsp3) is 0.176. The first kappa shape index (κ1) is 17.9. The molecule has 1 amide bonds. The standard InChI is InChI=1S/C17H16N2O6/c1-24-16(22)11-3-6-13(7-4-11)18-14(20)10-19-9-12(17(23)25-2)5-8-15(19)21/h3-9H,10H2,1-2H3,(H,18,20).